The van der Waals surface area contributed by atoms with Gasteiger partial charge in [-0.3, -0.25) is 0 Å². The number of aryl methyl sites for hydroxylation is 1. The van der Waals surface area contributed by atoms with Crippen LogP contribution in [-0.2, 0) is 0 Å². The van der Waals surface area contributed by atoms with Gasteiger partial charge < -0.3 is 10.3 Å². The van der Waals surface area contributed by atoms with Gasteiger partial charge in [0.25, 0.3) is 0 Å². The van der Waals surface area contributed by atoms with Crippen molar-refractivity contribution in [3.8, 4) is 11.8 Å². The molecule has 0 spiro atoms. The molecule has 0 unspecified atom stereocenters. The highest BCUT2D eigenvalue weighted by Gasteiger charge is 2.08. The summed E-state index contributed by atoms with van der Waals surface area (Å²) in [6.45, 7) is 3.91. The Morgan fingerprint density at radius 1 is 1.38 bits per heavy atom. The van der Waals surface area contributed by atoms with Crippen LogP contribution in [0.4, 0.5) is 5.69 Å². The minimum atomic E-state index is 0.556. The fourth-order valence-corrected chi connectivity index (χ4v) is 1.59. The second-order valence-corrected chi connectivity index (χ2v) is 3.67. The van der Waals surface area contributed by atoms with Crippen molar-refractivity contribution in [3.63, 3.8) is 0 Å². The molecule has 1 aromatic carbocycles. The molecule has 0 radical (unpaired) electrons. The van der Waals surface area contributed by atoms with Crippen LogP contribution in [0, 0.1) is 25.2 Å². The molecule has 4 heteroatoms. The zero-order chi connectivity index (χ0) is 11.7. The van der Waals surface area contributed by atoms with E-state index < -0.39 is 0 Å². The van der Waals surface area contributed by atoms with Gasteiger partial charge in [0.15, 0.2) is 0 Å². The number of rotatable bonds is 1. The van der Waals surface area contributed by atoms with Crippen LogP contribution in [-0.4, -0.2) is 9.55 Å². The third-order valence-electron chi connectivity index (χ3n) is 2.65. The predicted octanol–water partition coefficient (Wildman–Crippen LogP) is 1.94. The summed E-state index contributed by atoms with van der Waals surface area (Å²) >= 11 is 0. The number of nitrogen functional groups attached to an aromatic ring is 1. The Hall–Kier alpha value is -2.28. The molecule has 0 aliphatic carbocycles. The van der Waals surface area contributed by atoms with Crippen molar-refractivity contribution in [2.75, 3.05) is 5.73 Å². The van der Waals surface area contributed by atoms with Crippen LogP contribution in [0.3, 0.4) is 0 Å². The van der Waals surface area contributed by atoms with Gasteiger partial charge in [0.05, 0.1) is 23.3 Å². The second-order valence-electron chi connectivity index (χ2n) is 3.67. The van der Waals surface area contributed by atoms with E-state index in [2.05, 4.69) is 11.1 Å². The van der Waals surface area contributed by atoms with E-state index in [1.807, 2.05) is 24.5 Å². The lowest BCUT2D eigenvalue weighted by atomic mass is 10.1. The molecule has 0 amide bonds. The van der Waals surface area contributed by atoms with E-state index in [4.69, 9.17) is 11.0 Å². The van der Waals surface area contributed by atoms with Gasteiger partial charge in [0, 0.05) is 11.4 Å². The van der Waals surface area contributed by atoms with E-state index in [1.165, 1.54) is 0 Å². The maximum absolute atomic E-state index is 9.06. The van der Waals surface area contributed by atoms with Gasteiger partial charge in [-0.25, -0.2) is 4.98 Å². The molecule has 4 nitrogen and oxygen atoms in total. The smallest absolute Gasteiger partial charge is 0.101 e. The molecule has 0 saturated carbocycles. The normalized spacial score (nSPS) is 10.1. The highest BCUT2D eigenvalue weighted by atomic mass is 15.1. The van der Waals surface area contributed by atoms with Crippen molar-refractivity contribution in [1.29, 1.82) is 5.26 Å². The number of nitrogens with zero attached hydrogens (tertiary/aromatic N) is 3. The number of imidazole rings is 1. The molecule has 1 heterocycles. The first-order chi connectivity index (χ1) is 7.63. The summed E-state index contributed by atoms with van der Waals surface area (Å²) in [4.78, 5) is 4.21. The number of nitrogens with two attached hydrogens (primary N) is 1. The number of anilines is 1. The quantitative estimate of drug-likeness (QED) is 0.734. The number of hydrogen-bond donors (Lipinski definition) is 1. The molecule has 0 saturated heterocycles. The number of nitriles is 1. The predicted molar refractivity (Wildman–Crippen MR) is 62.2 cm³/mol. The Balaban J connectivity index is 2.65. The molecule has 0 aliphatic heterocycles. The van der Waals surface area contributed by atoms with Crippen molar-refractivity contribution in [2.24, 2.45) is 0 Å². The van der Waals surface area contributed by atoms with Gasteiger partial charge in [-0.2, -0.15) is 5.26 Å². The Morgan fingerprint density at radius 2 is 2.12 bits per heavy atom. The average Bonchev–Trinajstić information content (AvgIpc) is 2.60. The topological polar surface area (TPSA) is 67.6 Å². The van der Waals surface area contributed by atoms with Crippen LogP contribution in [0.1, 0.15) is 17.0 Å². The van der Waals surface area contributed by atoms with Gasteiger partial charge >= 0.3 is 0 Å². The summed E-state index contributed by atoms with van der Waals surface area (Å²) in [5, 5.41) is 9.06. The SMILES string of the molecule is Cc1ncn(-c2ccc(N)cc2C#N)c1C. The number of benzene rings is 1. The van der Waals surface area contributed by atoms with Crippen LogP contribution in [0.15, 0.2) is 24.5 Å². The van der Waals surface area contributed by atoms with Crippen LogP contribution >= 0.6 is 0 Å². The van der Waals surface area contributed by atoms with Crippen LogP contribution in [0.25, 0.3) is 5.69 Å². The van der Waals surface area contributed by atoms with E-state index in [9.17, 15) is 0 Å². The Morgan fingerprint density at radius 3 is 2.69 bits per heavy atom. The molecule has 2 aromatic rings. The van der Waals surface area contributed by atoms with Gasteiger partial charge in [-0.05, 0) is 32.0 Å². The maximum atomic E-state index is 9.06. The lowest BCUT2D eigenvalue weighted by Crippen LogP contribution is -1.99. The summed E-state index contributed by atoms with van der Waals surface area (Å²) in [6.07, 6.45) is 1.72. The van der Waals surface area contributed by atoms with Crippen molar-refractivity contribution in [1.82, 2.24) is 9.55 Å². The summed E-state index contributed by atoms with van der Waals surface area (Å²) in [5.74, 6) is 0. The lowest BCUT2D eigenvalue weighted by Gasteiger charge is -2.08. The maximum Gasteiger partial charge on any atom is 0.101 e. The summed E-state index contributed by atoms with van der Waals surface area (Å²) in [7, 11) is 0. The van der Waals surface area contributed by atoms with Gasteiger partial charge in [-0.15, -0.1) is 0 Å². The molecule has 0 fully saturated rings. The second kappa shape index (κ2) is 3.70. The zero-order valence-corrected chi connectivity index (χ0v) is 9.23. The largest absolute Gasteiger partial charge is 0.399 e. The highest BCUT2D eigenvalue weighted by molar-refractivity contribution is 5.57. The number of hydrogen-bond acceptors (Lipinski definition) is 3. The Labute approximate surface area is 94.0 Å². The summed E-state index contributed by atoms with van der Waals surface area (Å²) < 4.78 is 1.90. The molecular weight excluding hydrogens is 200 g/mol. The zero-order valence-electron chi connectivity index (χ0n) is 9.23. The molecule has 0 atom stereocenters. The van der Waals surface area contributed by atoms with E-state index in [0.29, 0.717) is 11.3 Å². The van der Waals surface area contributed by atoms with Crippen LogP contribution in [0.2, 0.25) is 0 Å². The lowest BCUT2D eigenvalue weighted by molar-refractivity contribution is 0.996. The van der Waals surface area contributed by atoms with Crippen molar-refractivity contribution in [2.45, 2.75) is 13.8 Å². The Kier molecular flexibility index (Phi) is 2.37. The molecule has 2 rings (SSSR count). The molecule has 0 bridgehead atoms. The molecule has 2 N–H and O–H groups in total. The minimum absolute atomic E-state index is 0.556. The highest BCUT2D eigenvalue weighted by Crippen LogP contribution is 2.19. The standard InChI is InChI=1S/C12H12N4/c1-8-9(2)16(7-15-8)12-4-3-11(14)5-10(12)6-13/h3-5,7H,14H2,1-2H3. The number of aromatic nitrogens is 2. The third kappa shape index (κ3) is 1.52. The van der Waals surface area contributed by atoms with Crippen molar-refractivity contribution in [3.05, 3.63) is 41.5 Å². The molecular formula is C12H12N4. The van der Waals surface area contributed by atoms with Gasteiger partial charge in [0.1, 0.15) is 6.07 Å². The van der Waals surface area contributed by atoms with Crippen molar-refractivity contribution >= 4 is 5.69 Å². The molecule has 16 heavy (non-hydrogen) atoms. The summed E-state index contributed by atoms with van der Waals surface area (Å²) in [6, 6.07) is 7.43. The van der Waals surface area contributed by atoms with Gasteiger partial charge in [0.2, 0.25) is 0 Å². The minimum Gasteiger partial charge on any atom is -0.399 e. The fourth-order valence-electron chi connectivity index (χ4n) is 1.59. The first-order valence-corrected chi connectivity index (χ1v) is 4.94. The van der Waals surface area contributed by atoms with Crippen LogP contribution in [0.5, 0.6) is 0 Å². The molecule has 0 aliphatic rings. The van der Waals surface area contributed by atoms with E-state index in [-0.39, 0.29) is 0 Å². The molecule has 80 valence electrons. The average molecular weight is 212 g/mol. The third-order valence-corrected chi connectivity index (χ3v) is 2.65. The van der Waals surface area contributed by atoms with Gasteiger partial charge in [-0.1, -0.05) is 0 Å². The summed E-state index contributed by atoms with van der Waals surface area (Å²) in [5.41, 5.74) is 9.60. The van der Waals surface area contributed by atoms with E-state index >= 15 is 0 Å². The van der Waals surface area contributed by atoms with E-state index in [0.717, 1.165) is 17.1 Å². The Bertz CT molecular complexity index is 575. The van der Waals surface area contributed by atoms with E-state index in [1.54, 1.807) is 18.5 Å². The van der Waals surface area contributed by atoms with Crippen LogP contribution < -0.4 is 5.73 Å². The molecule has 1 aromatic heterocycles. The monoisotopic (exact) mass is 212 g/mol. The first kappa shape index (κ1) is 10.2. The van der Waals surface area contributed by atoms with Crippen molar-refractivity contribution < 1.29 is 0 Å². The first-order valence-electron chi connectivity index (χ1n) is 4.94. The fraction of sp³-hybridized carbons (Fsp3) is 0.167.